The number of aromatic nitrogens is 1. The van der Waals surface area contributed by atoms with Crippen LogP contribution in [0.25, 0.3) is 0 Å². The fourth-order valence-electron chi connectivity index (χ4n) is 2.57. The third-order valence-electron chi connectivity index (χ3n) is 3.62. The Morgan fingerprint density at radius 2 is 2.33 bits per heavy atom. The normalized spacial score (nSPS) is 21.0. The lowest BCUT2D eigenvalue weighted by molar-refractivity contribution is 0.406. The Morgan fingerprint density at radius 3 is 2.94 bits per heavy atom. The quantitative estimate of drug-likeness (QED) is 0.909. The molecule has 0 aromatic carbocycles. The van der Waals surface area contributed by atoms with E-state index in [2.05, 4.69) is 11.9 Å². The molecule has 0 aliphatic carbocycles. The van der Waals surface area contributed by atoms with Gasteiger partial charge < -0.3 is 10.5 Å². The Morgan fingerprint density at radius 1 is 1.56 bits per heavy atom. The van der Waals surface area contributed by atoms with Crippen molar-refractivity contribution in [3.8, 4) is 5.75 Å². The van der Waals surface area contributed by atoms with Gasteiger partial charge in [-0.3, -0.25) is 4.98 Å². The van der Waals surface area contributed by atoms with Crippen LogP contribution in [0.2, 0.25) is 0 Å². The van der Waals surface area contributed by atoms with Crippen LogP contribution in [0.1, 0.15) is 29.7 Å². The number of nitrogens with two attached hydrogens (primary N) is 1. The molecule has 2 N–H and O–H groups in total. The lowest BCUT2D eigenvalue weighted by Gasteiger charge is -2.19. The van der Waals surface area contributed by atoms with E-state index in [1.807, 2.05) is 24.9 Å². The van der Waals surface area contributed by atoms with E-state index in [-0.39, 0.29) is 6.04 Å². The third-order valence-corrected chi connectivity index (χ3v) is 5.16. The number of hydrogen-bond donors (Lipinski definition) is 1. The molecule has 2 unspecified atom stereocenters. The van der Waals surface area contributed by atoms with Crippen LogP contribution >= 0.6 is 11.8 Å². The maximum atomic E-state index is 6.31. The summed E-state index contributed by atoms with van der Waals surface area (Å²) in [7, 11) is 1.71. The van der Waals surface area contributed by atoms with Crippen molar-refractivity contribution in [2.45, 2.75) is 44.4 Å². The van der Waals surface area contributed by atoms with Crippen LogP contribution in [0.15, 0.2) is 6.20 Å². The largest absolute Gasteiger partial charge is 0.496 e. The van der Waals surface area contributed by atoms with Gasteiger partial charge in [-0.25, -0.2) is 0 Å². The summed E-state index contributed by atoms with van der Waals surface area (Å²) < 4.78 is 5.44. The number of nitrogens with zero attached hydrogens (tertiary/aromatic N) is 1. The highest BCUT2D eigenvalue weighted by Gasteiger charge is 2.24. The number of rotatable bonds is 4. The highest BCUT2D eigenvalue weighted by Crippen LogP contribution is 2.30. The average molecular weight is 266 g/mol. The van der Waals surface area contributed by atoms with E-state index in [1.165, 1.54) is 18.6 Å². The fraction of sp³-hybridized carbons (Fsp3) is 0.643. The molecular formula is C14H22N2OS. The van der Waals surface area contributed by atoms with Gasteiger partial charge in [0.2, 0.25) is 0 Å². The van der Waals surface area contributed by atoms with Gasteiger partial charge in [0.25, 0.3) is 0 Å². The zero-order valence-corrected chi connectivity index (χ0v) is 12.2. The van der Waals surface area contributed by atoms with Crippen LogP contribution in [0, 0.1) is 13.8 Å². The predicted octanol–water partition coefficient (Wildman–Crippen LogP) is 2.47. The van der Waals surface area contributed by atoms with Gasteiger partial charge in [0.05, 0.1) is 7.11 Å². The molecule has 1 aliphatic rings. The molecule has 0 bridgehead atoms. The first-order valence-corrected chi connectivity index (χ1v) is 7.54. The second-order valence-corrected chi connectivity index (χ2v) is 6.31. The lowest BCUT2D eigenvalue weighted by Crippen LogP contribution is -2.33. The highest BCUT2D eigenvalue weighted by molar-refractivity contribution is 8.00. The number of thioether (sulfide) groups is 1. The Balaban J connectivity index is 2.13. The topological polar surface area (TPSA) is 48.1 Å². The molecule has 1 aromatic heterocycles. The monoisotopic (exact) mass is 266 g/mol. The zero-order chi connectivity index (χ0) is 13.1. The minimum Gasteiger partial charge on any atom is -0.496 e. The number of ether oxygens (including phenoxy) is 1. The molecule has 2 rings (SSSR count). The van der Waals surface area contributed by atoms with E-state index in [4.69, 9.17) is 10.5 Å². The Kier molecular flexibility index (Phi) is 4.51. The molecular weight excluding hydrogens is 244 g/mol. The van der Waals surface area contributed by atoms with Crippen molar-refractivity contribution in [3.05, 3.63) is 23.0 Å². The van der Waals surface area contributed by atoms with Crippen LogP contribution < -0.4 is 10.5 Å². The van der Waals surface area contributed by atoms with Crippen LogP contribution in [0.3, 0.4) is 0 Å². The lowest BCUT2D eigenvalue weighted by atomic mass is 10.0. The number of methoxy groups -OCH3 is 1. The van der Waals surface area contributed by atoms with Gasteiger partial charge in [-0.1, -0.05) is 0 Å². The molecule has 1 saturated heterocycles. The molecule has 1 aromatic rings. The highest BCUT2D eigenvalue weighted by atomic mass is 32.2. The molecule has 100 valence electrons. The van der Waals surface area contributed by atoms with Gasteiger partial charge in [0, 0.05) is 40.7 Å². The summed E-state index contributed by atoms with van der Waals surface area (Å²) in [5, 5.41) is 0.596. The van der Waals surface area contributed by atoms with Crippen molar-refractivity contribution in [3.63, 3.8) is 0 Å². The molecule has 18 heavy (non-hydrogen) atoms. The maximum Gasteiger partial charge on any atom is 0.128 e. The van der Waals surface area contributed by atoms with E-state index in [0.717, 1.165) is 29.0 Å². The Labute approximate surface area is 114 Å². The molecule has 1 fully saturated rings. The van der Waals surface area contributed by atoms with Crippen LogP contribution in [-0.2, 0) is 6.42 Å². The van der Waals surface area contributed by atoms with E-state index in [0.29, 0.717) is 5.25 Å². The Bertz CT molecular complexity index is 417. The third kappa shape index (κ3) is 2.81. The van der Waals surface area contributed by atoms with Crippen LogP contribution in [0.4, 0.5) is 0 Å². The smallest absolute Gasteiger partial charge is 0.128 e. The summed E-state index contributed by atoms with van der Waals surface area (Å²) >= 11 is 2.00. The summed E-state index contributed by atoms with van der Waals surface area (Å²) in [4.78, 5) is 4.53. The average Bonchev–Trinajstić information content (AvgIpc) is 2.87. The maximum absolute atomic E-state index is 6.31. The van der Waals surface area contributed by atoms with Crippen molar-refractivity contribution in [1.82, 2.24) is 4.98 Å². The summed E-state index contributed by atoms with van der Waals surface area (Å²) in [5.41, 5.74) is 9.61. The SMILES string of the molecule is COc1c(C)cnc(CC(N)C2CCCS2)c1C. The van der Waals surface area contributed by atoms with Crippen molar-refractivity contribution < 1.29 is 4.74 Å². The molecule has 0 saturated carbocycles. The molecule has 0 radical (unpaired) electrons. The van der Waals surface area contributed by atoms with E-state index < -0.39 is 0 Å². The van der Waals surface area contributed by atoms with Crippen molar-refractivity contribution in [2.24, 2.45) is 5.73 Å². The van der Waals surface area contributed by atoms with Crippen LogP contribution in [0.5, 0.6) is 5.75 Å². The molecule has 4 heteroatoms. The van der Waals surface area contributed by atoms with Crippen molar-refractivity contribution >= 4 is 11.8 Å². The number of hydrogen-bond acceptors (Lipinski definition) is 4. The van der Waals surface area contributed by atoms with Gasteiger partial charge in [-0.2, -0.15) is 11.8 Å². The van der Waals surface area contributed by atoms with Gasteiger partial charge in [0.1, 0.15) is 5.75 Å². The summed E-state index contributed by atoms with van der Waals surface area (Å²) in [6.07, 6.45) is 5.27. The fourth-order valence-corrected chi connectivity index (χ4v) is 3.88. The minimum absolute atomic E-state index is 0.205. The second-order valence-electron chi connectivity index (χ2n) is 4.97. The molecule has 2 atom stereocenters. The standard InChI is InChI=1S/C14H22N2OS/c1-9-8-16-12(10(2)14(9)17-3)7-11(15)13-5-4-6-18-13/h8,11,13H,4-7,15H2,1-3H3. The van der Waals surface area contributed by atoms with E-state index in [9.17, 15) is 0 Å². The van der Waals surface area contributed by atoms with Gasteiger partial charge >= 0.3 is 0 Å². The van der Waals surface area contributed by atoms with Gasteiger partial charge in [-0.05, 0) is 32.4 Å². The van der Waals surface area contributed by atoms with E-state index in [1.54, 1.807) is 7.11 Å². The summed E-state index contributed by atoms with van der Waals surface area (Å²) in [5.74, 6) is 2.20. The first kappa shape index (κ1) is 13.7. The zero-order valence-electron chi connectivity index (χ0n) is 11.4. The summed E-state index contributed by atoms with van der Waals surface area (Å²) in [6, 6.07) is 0.205. The van der Waals surface area contributed by atoms with Crippen molar-refractivity contribution in [1.29, 1.82) is 0 Å². The molecule has 1 aliphatic heterocycles. The number of aryl methyl sites for hydroxylation is 1. The van der Waals surface area contributed by atoms with Crippen LogP contribution in [-0.4, -0.2) is 29.1 Å². The van der Waals surface area contributed by atoms with E-state index >= 15 is 0 Å². The Hall–Kier alpha value is -0.740. The minimum atomic E-state index is 0.205. The first-order valence-electron chi connectivity index (χ1n) is 6.49. The molecule has 3 nitrogen and oxygen atoms in total. The molecule has 0 spiro atoms. The van der Waals surface area contributed by atoms with Gasteiger partial charge in [0.15, 0.2) is 0 Å². The first-order chi connectivity index (χ1) is 8.63. The van der Waals surface area contributed by atoms with Crippen molar-refractivity contribution in [2.75, 3.05) is 12.9 Å². The molecule has 2 heterocycles. The summed E-state index contributed by atoms with van der Waals surface area (Å²) in [6.45, 7) is 4.10. The predicted molar refractivity (Wildman–Crippen MR) is 77.4 cm³/mol. The number of pyridine rings is 1. The van der Waals surface area contributed by atoms with Gasteiger partial charge in [-0.15, -0.1) is 0 Å². The molecule has 0 amide bonds. The second kappa shape index (κ2) is 5.93.